The topological polar surface area (TPSA) is 27.7 Å². The number of hydrogen-bond donors (Lipinski definition) is 0. The maximum atomic E-state index is 7.74. The van der Waals surface area contributed by atoms with Crippen LogP contribution in [0.5, 0.6) is 0 Å². The molecular formula is C32H44O3Si. The molecule has 6 atom stereocenters. The Morgan fingerprint density at radius 2 is 1.36 bits per heavy atom. The average Bonchev–Trinajstić information content (AvgIpc) is 3.50. The van der Waals surface area contributed by atoms with E-state index in [0.717, 1.165) is 19.6 Å². The molecule has 1 spiro atoms. The summed E-state index contributed by atoms with van der Waals surface area (Å²) in [6.45, 7) is 15.7. The number of benzene rings is 2. The Bertz CT molecular complexity index is 1030. The van der Waals surface area contributed by atoms with Gasteiger partial charge in [0.25, 0.3) is 8.32 Å². The molecule has 194 valence electrons. The predicted octanol–water partition coefficient (Wildman–Crippen LogP) is 6.01. The average molecular weight is 505 g/mol. The van der Waals surface area contributed by atoms with Crippen LogP contribution >= 0.6 is 0 Å². The van der Waals surface area contributed by atoms with E-state index in [1.165, 1.54) is 23.2 Å². The van der Waals surface area contributed by atoms with Crippen LogP contribution in [0.4, 0.5) is 0 Å². The van der Waals surface area contributed by atoms with Crippen LogP contribution in [0.1, 0.15) is 60.8 Å². The zero-order valence-corrected chi connectivity index (χ0v) is 24.0. The van der Waals surface area contributed by atoms with Crippen LogP contribution in [0.15, 0.2) is 60.7 Å². The van der Waals surface area contributed by atoms with Crippen molar-refractivity contribution in [3.63, 3.8) is 0 Å². The summed E-state index contributed by atoms with van der Waals surface area (Å²) in [6, 6.07) is 22.3. The minimum Gasteiger partial charge on any atom is -0.404 e. The molecule has 4 aliphatic rings. The highest BCUT2D eigenvalue weighted by molar-refractivity contribution is 6.99. The van der Waals surface area contributed by atoms with Crippen molar-refractivity contribution in [3.05, 3.63) is 60.7 Å². The second-order valence-electron chi connectivity index (χ2n) is 13.9. The Labute approximate surface area is 219 Å². The Balaban J connectivity index is 1.40. The number of ether oxygens (including phenoxy) is 2. The lowest BCUT2D eigenvalue weighted by Crippen LogP contribution is -2.68. The van der Waals surface area contributed by atoms with Crippen molar-refractivity contribution in [2.75, 3.05) is 13.2 Å². The third-order valence-corrected chi connectivity index (χ3v) is 15.2. The van der Waals surface area contributed by atoms with Gasteiger partial charge < -0.3 is 13.9 Å². The molecule has 4 heteroatoms. The van der Waals surface area contributed by atoms with Crippen LogP contribution in [0.25, 0.3) is 0 Å². The lowest BCUT2D eigenvalue weighted by molar-refractivity contribution is -0.333. The van der Waals surface area contributed by atoms with Gasteiger partial charge in [-0.3, -0.25) is 0 Å². The van der Waals surface area contributed by atoms with E-state index in [-0.39, 0.29) is 16.6 Å². The molecule has 0 unspecified atom stereocenters. The van der Waals surface area contributed by atoms with Crippen LogP contribution < -0.4 is 10.4 Å². The van der Waals surface area contributed by atoms with Crippen molar-refractivity contribution in [2.45, 2.75) is 77.7 Å². The maximum Gasteiger partial charge on any atom is 0.261 e. The van der Waals surface area contributed by atoms with Gasteiger partial charge in [0.15, 0.2) is 5.79 Å². The molecule has 3 saturated carbocycles. The molecule has 0 radical (unpaired) electrons. The van der Waals surface area contributed by atoms with E-state index in [0.29, 0.717) is 29.6 Å². The second kappa shape index (κ2) is 8.52. The molecule has 6 rings (SSSR count). The Kier molecular flexibility index (Phi) is 5.88. The van der Waals surface area contributed by atoms with Crippen molar-refractivity contribution in [2.24, 2.45) is 35.0 Å². The quantitative estimate of drug-likeness (QED) is 0.477. The first-order valence-electron chi connectivity index (χ1n) is 14.2. The Morgan fingerprint density at radius 3 is 1.89 bits per heavy atom. The van der Waals surface area contributed by atoms with Crippen LogP contribution in [-0.4, -0.2) is 33.4 Å². The summed E-state index contributed by atoms with van der Waals surface area (Å²) in [5.74, 6) is 2.42. The van der Waals surface area contributed by atoms with Gasteiger partial charge in [0.05, 0.1) is 13.2 Å². The first-order chi connectivity index (χ1) is 17.1. The third-order valence-electron chi connectivity index (χ3n) is 10.2. The summed E-state index contributed by atoms with van der Waals surface area (Å²) in [5.41, 5.74) is 0.0888. The molecule has 1 aliphatic heterocycles. The summed E-state index contributed by atoms with van der Waals surface area (Å²) in [7, 11) is -2.58. The molecule has 1 saturated heterocycles. The summed E-state index contributed by atoms with van der Waals surface area (Å²) in [6.07, 6.45) is 3.87. The fourth-order valence-corrected chi connectivity index (χ4v) is 13.3. The highest BCUT2D eigenvalue weighted by Gasteiger charge is 2.70. The number of hydrogen-bond acceptors (Lipinski definition) is 3. The van der Waals surface area contributed by atoms with Crippen LogP contribution in [-0.2, 0) is 13.9 Å². The summed E-state index contributed by atoms with van der Waals surface area (Å²) < 4.78 is 21.3. The zero-order chi connectivity index (χ0) is 25.3. The van der Waals surface area contributed by atoms with Gasteiger partial charge in [-0.1, -0.05) is 102 Å². The van der Waals surface area contributed by atoms with Crippen LogP contribution in [0.2, 0.25) is 5.04 Å². The fourth-order valence-electron chi connectivity index (χ4n) is 8.58. The number of fused-ring (bicyclic) bond motifs is 1. The normalized spacial score (nSPS) is 34.7. The van der Waals surface area contributed by atoms with E-state index in [9.17, 15) is 0 Å². The minimum absolute atomic E-state index is 0.00173. The van der Waals surface area contributed by atoms with Gasteiger partial charge in [-0.15, -0.1) is 0 Å². The van der Waals surface area contributed by atoms with Gasteiger partial charge in [-0.05, 0) is 52.4 Å². The second-order valence-corrected chi connectivity index (χ2v) is 18.1. The van der Waals surface area contributed by atoms with Gasteiger partial charge in [0.1, 0.15) is 0 Å². The molecule has 0 N–H and O–H groups in total. The lowest BCUT2D eigenvalue weighted by atomic mass is 9.88. The van der Waals surface area contributed by atoms with Crippen molar-refractivity contribution in [1.82, 2.24) is 0 Å². The smallest absolute Gasteiger partial charge is 0.261 e. The molecule has 0 amide bonds. The van der Waals surface area contributed by atoms with Gasteiger partial charge >= 0.3 is 0 Å². The zero-order valence-electron chi connectivity index (χ0n) is 23.0. The molecule has 2 aromatic carbocycles. The molecule has 3 nitrogen and oxygen atoms in total. The van der Waals surface area contributed by atoms with E-state index in [1.54, 1.807) is 0 Å². The Hall–Kier alpha value is -1.46. The lowest BCUT2D eigenvalue weighted by Gasteiger charge is -2.48. The van der Waals surface area contributed by atoms with E-state index in [1.807, 2.05) is 0 Å². The summed E-state index contributed by atoms with van der Waals surface area (Å²) >= 11 is 0. The van der Waals surface area contributed by atoms with Gasteiger partial charge in [-0.25, -0.2) is 0 Å². The molecule has 3 aliphatic carbocycles. The van der Waals surface area contributed by atoms with E-state index in [4.69, 9.17) is 13.9 Å². The molecule has 1 heterocycles. The largest absolute Gasteiger partial charge is 0.404 e. The maximum absolute atomic E-state index is 7.74. The van der Waals surface area contributed by atoms with Gasteiger partial charge in [0.2, 0.25) is 0 Å². The standard InChI is InChI=1S/C32H44O3Si/c1-22-25-17-18-26-28(19-27(29(25)26)32(22)33-20-31(5,6)21-34-32)35-36(30(2,3)4,23-13-9-7-10-14-23)24-15-11-8-12-16-24/h7-16,22,25-29H,17-21H2,1-6H3/t22-,25-,26+,27-,28+,29+/m1/s1. The minimum atomic E-state index is -2.58. The summed E-state index contributed by atoms with van der Waals surface area (Å²) in [5, 5.41) is 2.76. The van der Waals surface area contributed by atoms with E-state index in [2.05, 4.69) is 102 Å². The highest BCUT2D eigenvalue weighted by atomic mass is 28.4. The van der Waals surface area contributed by atoms with E-state index >= 15 is 0 Å². The molecule has 4 fully saturated rings. The Morgan fingerprint density at radius 1 is 0.833 bits per heavy atom. The number of rotatable bonds is 4. The van der Waals surface area contributed by atoms with E-state index < -0.39 is 14.1 Å². The summed E-state index contributed by atoms with van der Waals surface area (Å²) in [4.78, 5) is 0. The van der Waals surface area contributed by atoms with Gasteiger partial charge in [-0.2, -0.15) is 0 Å². The molecular weight excluding hydrogens is 460 g/mol. The van der Waals surface area contributed by atoms with Gasteiger partial charge in [0, 0.05) is 23.4 Å². The first-order valence-corrected chi connectivity index (χ1v) is 16.1. The van der Waals surface area contributed by atoms with Crippen LogP contribution in [0.3, 0.4) is 0 Å². The molecule has 0 aromatic heterocycles. The first kappa shape index (κ1) is 24.8. The third kappa shape index (κ3) is 3.55. The molecule has 36 heavy (non-hydrogen) atoms. The fraction of sp³-hybridized carbons (Fsp3) is 0.625. The SMILES string of the molecule is C[C@@H]1[C@H]2CC[C@@H]3[C@H]2[C@@H](C[C@@H]3O[Si](c2ccccc2)(c2ccccc2)C(C)(C)C)C12OCC(C)(C)CO2. The van der Waals surface area contributed by atoms with Crippen molar-refractivity contribution in [1.29, 1.82) is 0 Å². The van der Waals surface area contributed by atoms with Crippen LogP contribution in [0, 0.1) is 35.0 Å². The molecule has 2 aromatic rings. The highest BCUT2D eigenvalue weighted by Crippen LogP contribution is 2.67. The van der Waals surface area contributed by atoms with Crippen molar-refractivity contribution in [3.8, 4) is 0 Å². The molecule has 0 bridgehead atoms. The van der Waals surface area contributed by atoms with Crippen molar-refractivity contribution < 1.29 is 13.9 Å². The van der Waals surface area contributed by atoms with Crippen molar-refractivity contribution >= 4 is 18.7 Å². The monoisotopic (exact) mass is 504 g/mol. The predicted molar refractivity (Wildman–Crippen MR) is 148 cm³/mol.